The number of hydrogen-bond donors (Lipinski definition) is 1. The van der Waals surface area contributed by atoms with E-state index in [1.807, 2.05) is 6.07 Å². The summed E-state index contributed by atoms with van der Waals surface area (Å²) >= 11 is 0. The molecule has 1 heterocycles. The Kier molecular flexibility index (Phi) is 4.13. The summed E-state index contributed by atoms with van der Waals surface area (Å²) in [5, 5.41) is 15.5. The van der Waals surface area contributed by atoms with Gasteiger partial charge in [-0.3, -0.25) is 5.32 Å². The van der Waals surface area contributed by atoms with Gasteiger partial charge in [0, 0.05) is 0 Å². The number of nitrogens with zero attached hydrogens (tertiary/aromatic N) is 3. The van der Waals surface area contributed by atoms with Gasteiger partial charge in [0.05, 0.1) is 6.20 Å². The molecular weight excluding hydrogens is 287 g/mol. The molecule has 1 aromatic carbocycles. The lowest BCUT2D eigenvalue weighted by Crippen LogP contribution is -2.28. The van der Waals surface area contributed by atoms with Crippen molar-refractivity contribution >= 4 is 11.9 Å². The lowest BCUT2D eigenvalue weighted by atomic mass is 10.2. The molecule has 0 radical (unpaired) electrons. The van der Waals surface area contributed by atoms with Crippen LogP contribution in [-0.2, 0) is 4.74 Å². The minimum absolute atomic E-state index is 0.0573. The van der Waals surface area contributed by atoms with E-state index in [0.29, 0.717) is 0 Å². The number of rotatable bonds is 2. The molecule has 1 amide bonds. The number of anilines is 1. The molecule has 7 heteroatoms. The molecular formula is C15H15FN4O2. The second-order valence-electron chi connectivity index (χ2n) is 5.51. The number of carbonyl (C=O) groups is 1. The molecule has 0 spiro atoms. The molecule has 0 aliphatic carbocycles. The molecule has 0 saturated carbocycles. The number of ether oxygens (including phenoxy) is 1. The van der Waals surface area contributed by atoms with Crippen molar-refractivity contribution in [3.05, 3.63) is 41.8 Å². The first-order valence-corrected chi connectivity index (χ1v) is 6.55. The maximum Gasteiger partial charge on any atom is 0.413 e. The van der Waals surface area contributed by atoms with Crippen LogP contribution in [0.1, 0.15) is 26.3 Å². The Balaban J connectivity index is 2.39. The van der Waals surface area contributed by atoms with Crippen molar-refractivity contribution in [2.24, 2.45) is 0 Å². The highest BCUT2D eigenvalue weighted by molar-refractivity contribution is 5.86. The summed E-state index contributed by atoms with van der Waals surface area (Å²) in [4.78, 5) is 11.9. The fourth-order valence-corrected chi connectivity index (χ4v) is 1.76. The standard InChI is InChI=1S/C15H15FN4O2/c1-15(2,3)22-14(21)19-13-10(8-17)9-18-20(13)12-7-5-4-6-11(12)16/h4-7,9H,1-3H3,(H,19,21). The molecule has 0 saturated heterocycles. The van der Waals surface area contributed by atoms with Gasteiger partial charge >= 0.3 is 6.09 Å². The number of nitrogens with one attached hydrogen (secondary N) is 1. The minimum atomic E-state index is -0.748. The number of hydrogen-bond acceptors (Lipinski definition) is 4. The Morgan fingerprint density at radius 3 is 2.68 bits per heavy atom. The third kappa shape index (κ3) is 3.41. The number of amides is 1. The third-order valence-electron chi connectivity index (χ3n) is 2.59. The second-order valence-corrected chi connectivity index (χ2v) is 5.51. The number of nitriles is 1. The van der Waals surface area contributed by atoms with Gasteiger partial charge in [-0.1, -0.05) is 12.1 Å². The van der Waals surface area contributed by atoms with Crippen LogP contribution in [0.15, 0.2) is 30.5 Å². The maximum absolute atomic E-state index is 13.9. The van der Waals surface area contributed by atoms with Crippen molar-refractivity contribution in [3.8, 4) is 11.8 Å². The monoisotopic (exact) mass is 302 g/mol. The van der Waals surface area contributed by atoms with Gasteiger partial charge < -0.3 is 4.74 Å². The number of aromatic nitrogens is 2. The molecule has 1 aromatic heterocycles. The Hall–Kier alpha value is -2.88. The van der Waals surface area contributed by atoms with E-state index in [-0.39, 0.29) is 17.1 Å². The summed E-state index contributed by atoms with van der Waals surface area (Å²) in [5.74, 6) is -0.468. The SMILES string of the molecule is CC(C)(C)OC(=O)Nc1c(C#N)cnn1-c1ccccc1F. The van der Waals surface area contributed by atoms with Gasteiger partial charge in [0.15, 0.2) is 5.82 Å². The molecule has 6 nitrogen and oxygen atoms in total. The van der Waals surface area contributed by atoms with E-state index in [2.05, 4.69) is 10.4 Å². The highest BCUT2D eigenvalue weighted by atomic mass is 19.1. The van der Waals surface area contributed by atoms with Crippen LogP contribution in [0.3, 0.4) is 0 Å². The number of halogens is 1. The van der Waals surface area contributed by atoms with Crippen LogP contribution in [0.4, 0.5) is 15.0 Å². The zero-order valence-corrected chi connectivity index (χ0v) is 12.4. The molecule has 114 valence electrons. The fraction of sp³-hybridized carbons (Fsp3) is 0.267. The molecule has 2 rings (SSSR count). The quantitative estimate of drug-likeness (QED) is 0.923. The van der Waals surface area contributed by atoms with E-state index >= 15 is 0 Å². The first kappa shape index (κ1) is 15.5. The first-order valence-electron chi connectivity index (χ1n) is 6.55. The van der Waals surface area contributed by atoms with Crippen molar-refractivity contribution in [1.29, 1.82) is 5.26 Å². The van der Waals surface area contributed by atoms with Crippen LogP contribution in [0.25, 0.3) is 5.69 Å². The molecule has 0 aliphatic rings. The van der Waals surface area contributed by atoms with E-state index in [0.717, 1.165) is 4.68 Å². The van der Waals surface area contributed by atoms with Gasteiger partial charge in [0.1, 0.15) is 28.7 Å². The van der Waals surface area contributed by atoms with Crippen molar-refractivity contribution in [1.82, 2.24) is 9.78 Å². The molecule has 22 heavy (non-hydrogen) atoms. The van der Waals surface area contributed by atoms with Crippen molar-refractivity contribution in [2.45, 2.75) is 26.4 Å². The van der Waals surface area contributed by atoms with Crippen LogP contribution in [0.5, 0.6) is 0 Å². The van der Waals surface area contributed by atoms with Gasteiger partial charge in [-0.05, 0) is 32.9 Å². The van der Waals surface area contributed by atoms with E-state index in [4.69, 9.17) is 10.00 Å². The summed E-state index contributed by atoms with van der Waals surface area (Å²) < 4.78 is 20.2. The average Bonchev–Trinajstić information content (AvgIpc) is 2.79. The lowest BCUT2D eigenvalue weighted by Gasteiger charge is -2.20. The Bertz CT molecular complexity index is 741. The normalized spacial score (nSPS) is 10.9. The minimum Gasteiger partial charge on any atom is -0.444 e. The second kappa shape index (κ2) is 5.85. The molecule has 0 fully saturated rings. The molecule has 0 unspecified atom stereocenters. The number of para-hydroxylation sites is 1. The van der Waals surface area contributed by atoms with Crippen molar-refractivity contribution < 1.29 is 13.9 Å². The van der Waals surface area contributed by atoms with Crippen LogP contribution in [-0.4, -0.2) is 21.5 Å². The largest absolute Gasteiger partial charge is 0.444 e. The highest BCUT2D eigenvalue weighted by Gasteiger charge is 2.21. The third-order valence-corrected chi connectivity index (χ3v) is 2.59. The predicted octanol–water partition coefficient (Wildman–Crippen LogP) is 3.23. The van der Waals surface area contributed by atoms with Crippen LogP contribution < -0.4 is 5.32 Å². The van der Waals surface area contributed by atoms with Crippen molar-refractivity contribution in [2.75, 3.05) is 5.32 Å². The molecule has 1 N–H and O–H groups in total. The smallest absolute Gasteiger partial charge is 0.413 e. The zero-order chi connectivity index (χ0) is 16.3. The van der Waals surface area contributed by atoms with E-state index in [1.54, 1.807) is 26.8 Å². The molecule has 0 aliphatic heterocycles. The van der Waals surface area contributed by atoms with Gasteiger partial charge in [0.25, 0.3) is 0 Å². The number of benzene rings is 1. The first-order chi connectivity index (χ1) is 10.3. The number of carbonyl (C=O) groups excluding carboxylic acids is 1. The summed E-state index contributed by atoms with van der Waals surface area (Å²) in [7, 11) is 0. The highest BCUT2D eigenvalue weighted by Crippen LogP contribution is 2.22. The Morgan fingerprint density at radius 1 is 1.41 bits per heavy atom. The van der Waals surface area contributed by atoms with Gasteiger partial charge in [-0.2, -0.15) is 10.4 Å². The average molecular weight is 302 g/mol. The maximum atomic E-state index is 13.9. The summed E-state index contributed by atoms with van der Waals surface area (Å²) in [5.41, 5.74) is -0.469. The topological polar surface area (TPSA) is 79.9 Å². The van der Waals surface area contributed by atoms with E-state index in [1.165, 1.54) is 24.4 Å². The van der Waals surface area contributed by atoms with Crippen LogP contribution >= 0.6 is 0 Å². The van der Waals surface area contributed by atoms with Gasteiger partial charge in [-0.15, -0.1) is 0 Å². The predicted molar refractivity (Wildman–Crippen MR) is 78.1 cm³/mol. The van der Waals surface area contributed by atoms with Crippen molar-refractivity contribution in [3.63, 3.8) is 0 Å². The van der Waals surface area contributed by atoms with E-state index in [9.17, 15) is 9.18 Å². The summed E-state index contributed by atoms with van der Waals surface area (Å²) in [6, 6.07) is 7.82. The van der Waals surface area contributed by atoms with Crippen LogP contribution in [0, 0.1) is 17.1 Å². The zero-order valence-electron chi connectivity index (χ0n) is 12.4. The Morgan fingerprint density at radius 2 is 2.09 bits per heavy atom. The van der Waals surface area contributed by atoms with E-state index < -0.39 is 17.5 Å². The molecule has 0 atom stereocenters. The fourth-order valence-electron chi connectivity index (χ4n) is 1.76. The van der Waals surface area contributed by atoms with Crippen LogP contribution in [0.2, 0.25) is 0 Å². The summed E-state index contributed by atoms with van der Waals surface area (Å²) in [6.07, 6.45) is 0.501. The lowest BCUT2D eigenvalue weighted by molar-refractivity contribution is 0.0635. The Labute approximate surface area is 127 Å². The summed E-state index contributed by atoms with van der Waals surface area (Å²) in [6.45, 7) is 5.14. The molecule has 0 bridgehead atoms. The molecule has 2 aromatic rings. The van der Waals surface area contributed by atoms with Gasteiger partial charge in [-0.25, -0.2) is 13.9 Å². The van der Waals surface area contributed by atoms with Gasteiger partial charge in [0.2, 0.25) is 0 Å².